The fourth-order valence-corrected chi connectivity index (χ4v) is 11.7. The van der Waals surface area contributed by atoms with Crippen LogP contribution in [0.25, 0.3) is 141 Å². The Hall–Kier alpha value is -8.57. The average molecular weight is 868 g/mol. The summed E-state index contributed by atoms with van der Waals surface area (Å²) in [6.07, 6.45) is 0. The number of thiophene rings is 1. The van der Waals surface area contributed by atoms with Crippen molar-refractivity contribution in [3.05, 3.63) is 224 Å². The van der Waals surface area contributed by atoms with Gasteiger partial charge in [0.25, 0.3) is 0 Å². The van der Waals surface area contributed by atoms with Gasteiger partial charge in [0, 0.05) is 58.6 Å². The van der Waals surface area contributed by atoms with Crippen molar-refractivity contribution < 1.29 is 0 Å². The summed E-state index contributed by atoms with van der Waals surface area (Å²) < 4.78 is 2.62. The quantitative estimate of drug-likeness (QED) is 0.162. The molecule has 0 bridgehead atoms. The maximum absolute atomic E-state index is 5.41. The fraction of sp³-hybridized carbons (Fsp3) is 0. The highest BCUT2D eigenvalue weighted by molar-refractivity contribution is 7.26. The van der Waals surface area contributed by atoms with E-state index in [1.165, 1.54) is 79.4 Å². The first-order valence-electron chi connectivity index (χ1n) is 22.7. The highest BCUT2D eigenvalue weighted by Crippen LogP contribution is 2.44. The summed E-state index contributed by atoms with van der Waals surface area (Å²) in [5.74, 6) is 0.686. The van der Waals surface area contributed by atoms with E-state index in [1.54, 1.807) is 0 Å². The average Bonchev–Trinajstić information content (AvgIpc) is 3.79. The van der Waals surface area contributed by atoms with E-state index in [0.29, 0.717) is 5.82 Å². The number of rotatable bonds is 5. The minimum Gasteiger partial charge on any atom is -0.247 e. The van der Waals surface area contributed by atoms with Crippen molar-refractivity contribution in [2.45, 2.75) is 0 Å². The lowest BCUT2D eigenvalue weighted by molar-refractivity contribution is 1.19. The number of hydrogen-bond acceptors (Lipinski definition) is 4. The molecule has 0 unspecified atom stereocenters. The van der Waals surface area contributed by atoms with Gasteiger partial charge in [-0.25, -0.2) is 15.0 Å². The molecule has 0 aliphatic rings. The SMILES string of the molecule is c1ccc2c(c1)cc(-c1cc(-c3cc4ccccc4c4ccccc34)nc(-c3ccc(-c4ccc(-c5nc6ccccc6c6c5ccc5c7ccccc7sc56)cc4)cc3)n1)c1ccccc12. The second-order valence-corrected chi connectivity index (χ2v) is 18.5. The molecule has 3 aromatic heterocycles. The summed E-state index contributed by atoms with van der Waals surface area (Å²) in [6, 6.07) is 80.8. The van der Waals surface area contributed by atoms with Gasteiger partial charge in [-0.2, -0.15) is 0 Å². The minimum absolute atomic E-state index is 0.686. The van der Waals surface area contributed by atoms with Gasteiger partial charge in [-0.05, 0) is 84.5 Å². The molecule has 0 atom stereocenters. The maximum Gasteiger partial charge on any atom is 0.160 e. The molecule has 3 heterocycles. The van der Waals surface area contributed by atoms with E-state index in [-0.39, 0.29) is 0 Å². The van der Waals surface area contributed by atoms with E-state index in [1.807, 2.05) is 11.3 Å². The van der Waals surface area contributed by atoms with Crippen LogP contribution in [0.3, 0.4) is 0 Å². The molecule has 0 N–H and O–H groups in total. The van der Waals surface area contributed by atoms with Gasteiger partial charge in [0.15, 0.2) is 5.82 Å². The Balaban J connectivity index is 0.889. The van der Waals surface area contributed by atoms with Crippen LogP contribution in [0.2, 0.25) is 0 Å². The second-order valence-electron chi connectivity index (χ2n) is 17.4. The van der Waals surface area contributed by atoms with Crippen LogP contribution in [0, 0.1) is 0 Å². The van der Waals surface area contributed by atoms with Gasteiger partial charge in [0.1, 0.15) is 0 Å². The van der Waals surface area contributed by atoms with Crippen molar-refractivity contribution in [1.29, 1.82) is 0 Å². The van der Waals surface area contributed by atoms with Crippen LogP contribution in [-0.4, -0.2) is 15.0 Å². The van der Waals surface area contributed by atoms with Gasteiger partial charge in [0.05, 0.1) is 22.6 Å². The Bertz CT molecular complexity index is 4180. The predicted octanol–water partition coefficient (Wildman–Crippen LogP) is 17.5. The molecule has 0 radical (unpaired) electrons. The van der Waals surface area contributed by atoms with Gasteiger partial charge in [-0.15, -0.1) is 11.3 Å². The molecule has 0 fully saturated rings. The molecule has 14 rings (SSSR count). The zero-order valence-electron chi connectivity index (χ0n) is 36.1. The van der Waals surface area contributed by atoms with Crippen LogP contribution in [0.1, 0.15) is 0 Å². The van der Waals surface area contributed by atoms with Crippen LogP contribution in [0.5, 0.6) is 0 Å². The summed E-state index contributed by atoms with van der Waals surface area (Å²) in [5.41, 5.74) is 10.3. The van der Waals surface area contributed by atoms with E-state index < -0.39 is 0 Å². The molecule has 14 aromatic rings. The van der Waals surface area contributed by atoms with Crippen LogP contribution < -0.4 is 0 Å². The third-order valence-electron chi connectivity index (χ3n) is 13.7. The molecule has 310 valence electrons. The lowest BCUT2D eigenvalue weighted by Gasteiger charge is -2.15. The standard InChI is InChI=1S/C63H37N3S/c1-3-15-44-42(13-1)35-54(48-19-7-5-17-46(44)48)57-37-58(55-36-43-14-2-4-16-45(43)47-18-6-8-20-49(47)55)66-63(65-57)41-31-27-39(28-32-41)38-25-29-40(30-26-38)61-53-34-33-51-50-21-10-12-24-59(50)67-62(51)60(53)52-22-9-11-23-56(52)64-61/h1-37H. The maximum atomic E-state index is 5.41. The number of hydrogen-bond donors (Lipinski definition) is 0. The van der Waals surface area contributed by atoms with Crippen LogP contribution in [0.4, 0.5) is 0 Å². The molecule has 4 heteroatoms. The normalized spacial score (nSPS) is 11.9. The van der Waals surface area contributed by atoms with Crippen LogP contribution in [-0.2, 0) is 0 Å². The first-order valence-corrected chi connectivity index (χ1v) is 23.6. The molecule has 0 saturated heterocycles. The van der Waals surface area contributed by atoms with Crippen molar-refractivity contribution in [3.63, 3.8) is 0 Å². The van der Waals surface area contributed by atoms with Crippen molar-refractivity contribution in [1.82, 2.24) is 15.0 Å². The van der Waals surface area contributed by atoms with Gasteiger partial charge < -0.3 is 0 Å². The predicted molar refractivity (Wildman–Crippen MR) is 285 cm³/mol. The lowest BCUT2D eigenvalue weighted by atomic mass is 9.93. The largest absolute Gasteiger partial charge is 0.247 e. The Morgan fingerprint density at radius 3 is 1.37 bits per heavy atom. The van der Waals surface area contributed by atoms with Crippen molar-refractivity contribution in [2.75, 3.05) is 0 Å². The Morgan fingerprint density at radius 2 is 0.761 bits per heavy atom. The summed E-state index contributed by atoms with van der Waals surface area (Å²) in [6.45, 7) is 0. The zero-order chi connectivity index (χ0) is 44.0. The summed E-state index contributed by atoms with van der Waals surface area (Å²) in [5, 5.41) is 15.8. The smallest absolute Gasteiger partial charge is 0.160 e. The van der Waals surface area contributed by atoms with E-state index in [9.17, 15) is 0 Å². The third kappa shape index (κ3) is 6.07. The van der Waals surface area contributed by atoms with E-state index >= 15 is 0 Å². The summed E-state index contributed by atoms with van der Waals surface area (Å²) in [7, 11) is 0. The minimum atomic E-state index is 0.686. The molecule has 0 amide bonds. The van der Waals surface area contributed by atoms with E-state index in [4.69, 9.17) is 15.0 Å². The summed E-state index contributed by atoms with van der Waals surface area (Å²) >= 11 is 1.87. The summed E-state index contributed by atoms with van der Waals surface area (Å²) in [4.78, 5) is 16.1. The molecule has 11 aromatic carbocycles. The van der Waals surface area contributed by atoms with Gasteiger partial charge in [-0.1, -0.05) is 194 Å². The molecule has 0 aliphatic carbocycles. The van der Waals surface area contributed by atoms with E-state index in [2.05, 4.69) is 224 Å². The Labute approximate surface area is 389 Å². The highest BCUT2D eigenvalue weighted by Gasteiger charge is 2.19. The third-order valence-corrected chi connectivity index (χ3v) is 14.9. The first-order chi connectivity index (χ1) is 33.2. The van der Waals surface area contributed by atoms with Gasteiger partial charge in [0.2, 0.25) is 0 Å². The second kappa shape index (κ2) is 15.0. The van der Waals surface area contributed by atoms with Crippen molar-refractivity contribution >= 4 is 96.3 Å². The molecule has 67 heavy (non-hydrogen) atoms. The number of nitrogens with zero attached hydrogens (tertiary/aromatic N) is 3. The first kappa shape index (κ1) is 37.8. The molecular formula is C63H37N3S. The van der Waals surface area contributed by atoms with E-state index in [0.717, 1.165) is 56.0 Å². The highest BCUT2D eigenvalue weighted by atomic mass is 32.1. The number of fused-ring (bicyclic) bond motifs is 13. The zero-order valence-corrected chi connectivity index (χ0v) is 36.9. The van der Waals surface area contributed by atoms with Crippen molar-refractivity contribution in [2.24, 2.45) is 0 Å². The fourth-order valence-electron chi connectivity index (χ4n) is 10.5. The topological polar surface area (TPSA) is 38.7 Å². The lowest BCUT2D eigenvalue weighted by Crippen LogP contribution is -1.97. The number of aromatic nitrogens is 3. The monoisotopic (exact) mass is 867 g/mol. The molecular weight excluding hydrogens is 831 g/mol. The molecule has 0 aliphatic heterocycles. The number of pyridine rings is 1. The number of benzene rings is 11. The molecule has 0 spiro atoms. The van der Waals surface area contributed by atoms with Crippen molar-refractivity contribution in [3.8, 4) is 56.3 Å². The Kier molecular flexibility index (Phi) is 8.45. The van der Waals surface area contributed by atoms with Crippen LogP contribution in [0.15, 0.2) is 224 Å². The molecule has 0 saturated carbocycles. The van der Waals surface area contributed by atoms with Gasteiger partial charge >= 0.3 is 0 Å². The Morgan fingerprint density at radius 1 is 0.299 bits per heavy atom. The number of para-hydroxylation sites is 1. The molecule has 3 nitrogen and oxygen atoms in total. The van der Waals surface area contributed by atoms with Crippen LogP contribution >= 0.6 is 11.3 Å². The van der Waals surface area contributed by atoms with Gasteiger partial charge in [-0.3, -0.25) is 0 Å².